The maximum atomic E-state index is 11.6. The fourth-order valence-electron chi connectivity index (χ4n) is 2.59. The molecule has 2 heterocycles. The number of rotatable bonds is 2. The highest BCUT2D eigenvalue weighted by molar-refractivity contribution is 6.02. The van der Waals surface area contributed by atoms with Crippen molar-refractivity contribution in [3.63, 3.8) is 0 Å². The van der Waals surface area contributed by atoms with Crippen molar-refractivity contribution in [3.8, 4) is 0 Å². The molecule has 4 nitrogen and oxygen atoms in total. The van der Waals surface area contributed by atoms with Crippen LogP contribution in [-0.4, -0.2) is 35.8 Å². The third kappa shape index (κ3) is 2.04. The van der Waals surface area contributed by atoms with E-state index in [4.69, 9.17) is 0 Å². The zero-order chi connectivity index (χ0) is 10.8. The van der Waals surface area contributed by atoms with Crippen LogP contribution < -0.4 is 5.32 Å². The van der Waals surface area contributed by atoms with Gasteiger partial charge in [-0.15, -0.1) is 0 Å². The first-order valence-electron chi connectivity index (χ1n) is 5.76. The maximum Gasteiger partial charge on any atom is 0.229 e. The summed E-state index contributed by atoms with van der Waals surface area (Å²) < 4.78 is 0. The largest absolute Gasteiger partial charge is 0.317 e. The summed E-state index contributed by atoms with van der Waals surface area (Å²) in [5, 5.41) is 3.29. The van der Waals surface area contributed by atoms with Crippen molar-refractivity contribution in [2.45, 2.75) is 38.6 Å². The van der Waals surface area contributed by atoms with Gasteiger partial charge in [-0.05, 0) is 38.8 Å². The molecule has 2 fully saturated rings. The van der Waals surface area contributed by atoms with E-state index in [0.29, 0.717) is 18.8 Å². The predicted octanol–water partition coefficient (Wildman–Crippen LogP) is 0.523. The lowest BCUT2D eigenvalue weighted by atomic mass is 9.90. The molecular weight excluding hydrogens is 192 g/mol. The molecule has 0 aromatic heterocycles. The topological polar surface area (TPSA) is 49.4 Å². The molecule has 0 saturated carbocycles. The predicted molar refractivity (Wildman–Crippen MR) is 56.1 cm³/mol. The zero-order valence-electron chi connectivity index (χ0n) is 9.16. The van der Waals surface area contributed by atoms with E-state index >= 15 is 0 Å². The van der Waals surface area contributed by atoms with Gasteiger partial charge in [0, 0.05) is 18.9 Å². The van der Waals surface area contributed by atoms with Gasteiger partial charge in [0.25, 0.3) is 0 Å². The highest BCUT2D eigenvalue weighted by Gasteiger charge is 2.36. The smallest absolute Gasteiger partial charge is 0.229 e. The number of hydrogen-bond donors (Lipinski definition) is 1. The van der Waals surface area contributed by atoms with Crippen LogP contribution in [-0.2, 0) is 9.59 Å². The van der Waals surface area contributed by atoms with E-state index < -0.39 is 0 Å². The van der Waals surface area contributed by atoms with Crippen molar-refractivity contribution in [1.82, 2.24) is 10.2 Å². The van der Waals surface area contributed by atoms with Crippen LogP contribution in [0.15, 0.2) is 0 Å². The van der Waals surface area contributed by atoms with Gasteiger partial charge in [0.05, 0.1) is 0 Å². The Morgan fingerprint density at radius 3 is 2.27 bits per heavy atom. The Morgan fingerprint density at radius 2 is 1.73 bits per heavy atom. The summed E-state index contributed by atoms with van der Waals surface area (Å²) in [5.41, 5.74) is 0. The molecule has 1 atom stereocenters. The van der Waals surface area contributed by atoms with E-state index in [1.807, 2.05) is 6.92 Å². The van der Waals surface area contributed by atoms with Crippen molar-refractivity contribution in [1.29, 1.82) is 0 Å². The number of carbonyl (C=O) groups is 2. The van der Waals surface area contributed by atoms with Crippen LogP contribution in [0.25, 0.3) is 0 Å². The van der Waals surface area contributed by atoms with Crippen molar-refractivity contribution < 1.29 is 9.59 Å². The van der Waals surface area contributed by atoms with Crippen molar-refractivity contribution in [2.75, 3.05) is 13.1 Å². The fourth-order valence-corrected chi connectivity index (χ4v) is 2.59. The molecule has 2 amide bonds. The molecular formula is C11H18N2O2. The molecule has 2 aliphatic rings. The van der Waals surface area contributed by atoms with Gasteiger partial charge in [0.15, 0.2) is 0 Å². The number of piperidine rings is 1. The second-order valence-corrected chi connectivity index (χ2v) is 4.49. The first kappa shape index (κ1) is 10.6. The SMILES string of the molecule is CC(C1CCNCC1)N1C(=O)CCC1=O. The first-order valence-corrected chi connectivity index (χ1v) is 5.76. The summed E-state index contributed by atoms with van der Waals surface area (Å²) in [4.78, 5) is 24.6. The number of nitrogens with one attached hydrogen (secondary N) is 1. The minimum absolute atomic E-state index is 0.0195. The number of amides is 2. The van der Waals surface area contributed by atoms with Gasteiger partial charge in [0.1, 0.15) is 0 Å². The van der Waals surface area contributed by atoms with Crippen LogP contribution in [0.2, 0.25) is 0 Å². The summed E-state index contributed by atoms with van der Waals surface area (Å²) >= 11 is 0. The Balaban J connectivity index is 2.02. The second kappa shape index (κ2) is 4.31. The normalized spacial score (nSPS) is 26.1. The highest BCUT2D eigenvalue weighted by atomic mass is 16.2. The Hall–Kier alpha value is -0.900. The third-order valence-corrected chi connectivity index (χ3v) is 3.56. The van der Waals surface area contributed by atoms with Crippen molar-refractivity contribution in [2.24, 2.45) is 5.92 Å². The molecule has 0 bridgehead atoms. The van der Waals surface area contributed by atoms with Crippen LogP contribution in [0, 0.1) is 5.92 Å². The Kier molecular flexibility index (Phi) is 3.05. The molecule has 2 rings (SSSR count). The number of nitrogens with zero attached hydrogens (tertiary/aromatic N) is 1. The van der Waals surface area contributed by atoms with Gasteiger partial charge < -0.3 is 5.32 Å². The van der Waals surface area contributed by atoms with Crippen LogP contribution in [0.1, 0.15) is 32.6 Å². The number of hydrogen-bond acceptors (Lipinski definition) is 3. The van der Waals surface area contributed by atoms with Crippen molar-refractivity contribution in [3.05, 3.63) is 0 Å². The number of imide groups is 1. The molecule has 4 heteroatoms. The molecule has 84 valence electrons. The lowest BCUT2D eigenvalue weighted by Crippen LogP contribution is -2.45. The van der Waals surface area contributed by atoms with Crippen LogP contribution >= 0.6 is 0 Å². The summed E-state index contributed by atoms with van der Waals surface area (Å²) in [6.07, 6.45) is 2.96. The average Bonchev–Trinajstić information content (AvgIpc) is 2.59. The van der Waals surface area contributed by atoms with Crippen LogP contribution in [0.5, 0.6) is 0 Å². The standard InChI is InChI=1S/C11H18N2O2/c1-8(9-4-6-12-7-5-9)13-10(14)2-3-11(13)15/h8-9,12H,2-7H2,1H3. The Morgan fingerprint density at radius 1 is 1.20 bits per heavy atom. The monoisotopic (exact) mass is 210 g/mol. The molecule has 2 aliphatic heterocycles. The minimum atomic E-state index is 0.0195. The quantitative estimate of drug-likeness (QED) is 0.676. The average molecular weight is 210 g/mol. The van der Waals surface area contributed by atoms with Crippen LogP contribution in [0.4, 0.5) is 0 Å². The van der Waals surface area contributed by atoms with E-state index in [9.17, 15) is 9.59 Å². The number of likely N-dealkylation sites (tertiary alicyclic amines) is 1. The zero-order valence-corrected chi connectivity index (χ0v) is 9.16. The second-order valence-electron chi connectivity index (χ2n) is 4.49. The van der Waals surface area contributed by atoms with E-state index in [0.717, 1.165) is 25.9 Å². The van der Waals surface area contributed by atoms with Gasteiger partial charge in [-0.3, -0.25) is 14.5 Å². The molecule has 1 N–H and O–H groups in total. The van der Waals surface area contributed by atoms with Crippen molar-refractivity contribution >= 4 is 11.8 Å². The lowest BCUT2D eigenvalue weighted by molar-refractivity contribution is -0.142. The first-order chi connectivity index (χ1) is 7.20. The van der Waals surface area contributed by atoms with Gasteiger partial charge in [-0.1, -0.05) is 0 Å². The lowest BCUT2D eigenvalue weighted by Gasteiger charge is -2.33. The minimum Gasteiger partial charge on any atom is -0.317 e. The third-order valence-electron chi connectivity index (χ3n) is 3.56. The Labute approximate surface area is 90.0 Å². The van der Waals surface area contributed by atoms with Crippen LogP contribution in [0.3, 0.4) is 0 Å². The highest BCUT2D eigenvalue weighted by Crippen LogP contribution is 2.25. The molecule has 1 unspecified atom stereocenters. The molecule has 0 radical (unpaired) electrons. The molecule has 0 aromatic carbocycles. The summed E-state index contributed by atoms with van der Waals surface area (Å²) in [5.74, 6) is 0.523. The molecule has 0 aromatic rings. The summed E-state index contributed by atoms with van der Waals surface area (Å²) in [6, 6.07) is 0.0922. The molecule has 15 heavy (non-hydrogen) atoms. The summed E-state index contributed by atoms with van der Waals surface area (Å²) in [7, 11) is 0. The molecule has 0 spiro atoms. The van der Waals surface area contributed by atoms with Gasteiger partial charge in [0.2, 0.25) is 11.8 Å². The summed E-state index contributed by atoms with van der Waals surface area (Å²) in [6.45, 7) is 4.02. The van der Waals surface area contributed by atoms with Gasteiger partial charge in [-0.25, -0.2) is 0 Å². The maximum absolute atomic E-state index is 11.6. The molecule has 2 saturated heterocycles. The molecule has 0 aliphatic carbocycles. The van der Waals surface area contributed by atoms with E-state index in [1.54, 1.807) is 0 Å². The van der Waals surface area contributed by atoms with E-state index in [1.165, 1.54) is 4.90 Å². The van der Waals surface area contributed by atoms with Gasteiger partial charge >= 0.3 is 0 Å². The van der Waals surface area contributed by atoms with E-state index in [-0.39, 0.29) is 17.9 Å². The van der Waals surface area contributed by atoms with Gasteiger partial charge in [-0.2, -0.15) is 0 Å². The number of carbonyl (C=O) groups excluding carboxylic acids is 2. The van der Waals surface area contributed by atoms with E-state index in [2.05, 4.69) is 5.32 Å². The fraction of sp³-hybridized carbons (Fsp3) is 0.818. The Bertz CT molecular complexity index is 256.